The molecule has 7 heteroatoms. The summed E-state index contributed by atoms with van der Waals surface area (Å²) in [5.74, 6) is 0.439. The first-order valence-corrected chi connectivity index (χ1v) is 8.51. The molecule has 2 fully saturated rings. The normalized spacial score (nSPS) is 20.5. The molecule has 1 aromatic rings. The summed E-state index contributed by atoms with van der Waals surface area (Å²) < 4.78 is 37.5. The minimum absolute atomic E-state index is 0.0220. The number of rotatable bonds is 1. The third-order valence-corrected chi connectivity index (χ3v) is 4.44. The highest BCUT2D eigenvalue weighted by atomic mass is 19.4. The number of piperidine rings is 2. The van der Waals surface area contributed by atoms with Crippen LogP contribution in [-0.2, 0) is 6.18 Å². The number of alkyl halides is 3. The van der Waals surface area contributed by atoms with Crippen LogP contribution in [0.15, 0.2) is 18.3 Å². The zero-order valence-electron chi connectivity index (χ0n) is 14.1. The standard InChI is InChI=1S/C11H13F3N2.C6H13NO/c12-11(13,14)9-4-5-15-10(8-9)16-6-2-1-3-7-16;1-7-4-2-6(8)3-5-7/h4-5,8H,1-3,6-7H2;6,8H,2-5H2,1H3. The molecule has 2 aliphatic heterocycles. The fraction of sp³-hybridized carbons (Fsp3) is 0.706. The van der Waals surface area contributed by atoms with Gasteiger partial charge in [0.25, 0.3) is 0 Å². The molecule has 0 radical (unpaired) electrons. The van der Waals surface area contributed by atoms with Gasteiger partial charge in [0.1, 0.15) is 5.82 Å². The highest BCUT2D eigenvalue weighted by molar-refractivity contribution is 5.42. The molecular formula is C17H26F3N3O. The Labute approximate surface area is 141 Å². The van der Waals surface area contributed by atoms with Crippen molar-refractivity contribution in [2.45, 2.75) is 44.4 Å². The maximum absolute atomic E-state index is 12.5. The monoisotopic (exact) mass is 345 g/mol. The Morgan fingerprint density at radius 2 is 1.71 bits per heavy atom. The van der Waals surface area contributed by atoms with Gasteiger partial charge in [0, 0.05) is 32.4 Å². The second-order valence-corrected chi connectivity index (χ2v) is 6.48. The van der Waals surface area contributed by atoms with E-state index in [2.05, 4.69) is 16.9 Å². The van der Waals surface area contributed by atoms with Gasteiger partial charge in [0.2, 0.25) is 0 Å². The van der Waals surface area contributed by atoms with Crippen LogP contribution in [-0.4, -0.2) is 54.3 Å². The number of hydrogen-bond donors (Lipinski definition) is 1. The predicted molar refractivity (Wildman–Crippen MR) is 88.0 cm³/mol. The van der Waals surface area contributed by atoms with Crippen LogP contribution >= 0.6 is 0 Å². The number of aliphatic hydroxyl groups excluding tert-OH is 1. The van der Waals surface area contributed by atoms with Gasteiger partial charge in [0.05, 0.1) is 11.7 Å². The third-order valence-electron chi connectivity index (χ3n) is 4.44. The molecule has 3 heterocycles. The molecule has 1 aromatic heterocycles. The van der Waals surface area contributed by atoms with Crippen LogP contribution in [0.2, 0.25) is 0 Å². The fourth-order valence-electron chi connectivity index (χ4n) is 2.89. The van der Waals surface area contributed by atoms with E-state index in [9.17, 15) is 13.2 Å². The molecule has 1 N–H and O–H groups in total. The number of anilines is 1. The minimum atomic E-state index is -4.28. The summed E-state index contributed by atoms with van der Waals surface area (Å²) in [5, 5.41) is 9.00. The predicted octanol–water partition coefficient (Wildman–Crippen LogP) is 3.16. The summed E-state index contributed by atoms with van der Waals surface area (Å²) in [6, 6.07) is 2.14. The molecule has 0 atom stereocenters. The summed E-state index contributed by atoms with van der Waals surface area (Å²) in [4.78, 5) is 8.16. The van der Waals surface area contributed by atoms with Crippen molar-refractivity contribution in [2.75, 3.05) is 38.1 Å². The maximum atomic E-state index is 12.5. The number of hydrogen-bond acceptors (Lipinski definition) is 4. The van der Waals surface area contributed by atoms with E-state index >= 15 is 0 Å². The Kier molecular flexibility index (Phi) is 6.86. The lowest BCUT2D eigenvalue weighted by Gasteiger charge is -2.28. The van der Waals surface area contributed by atoms with Crippen molar-refractivity contribution in [3.63, 3.8) is 0 Å². The Morgan fingerprint density at radius 3 is 2.25 bits per heavy atom. The second kappa shape index (κ2) is 8.67. The first kappa shape index (κ1) is 19.0. The molecule has 2 aliphatic rings. The van der Waals surface area contributed by atoms with Gasteiger partial charge >= 0.3 is 6.18 Å². The second-order valence-electron chi connectivity index (χ2n) is 6.48. The largest absolute Gasteiger partial charge is 0.416 e. The highest BCUT2D eigenvalue weighted by Gasteiger charge is 2.31. The van der Waals surface area contributed by atoms with E-state index < -0.39 is 11.7 Å². The van der Waals surface area contributed by atoms with E-state index in [-0.39, 0.29) is 6.10 Å². The van der Waals surface area contributed by atoms with Crippen LogP contribution in [0.5, 0.6) is 0 Å². The van der Waals surface area contributed by atoms with Crippen molar-refractivity contribution in [3.05, 3.63) is 23.9 Å². The zero-order valence-corrected chi connectivity index (χ0v) is 14.1. The molecular weight excluding hydrogens is 319 g/mol. The van der Waals surface area contributed by atoms with Crippen LogP contribution in [0.25, 0.3) is 0 Å². The van der Waals surface area contributed by atoms with Crippen LogP contribution in [0.3, 0.4) is 0 Å². The van der Waals surface area contributed by atoms with E-state index in [4.69, 9.17) is 5.11 Å². The van der Waals surface area contributed by atoms with Gasteiger partial charge in [-0.15, -0.1) is 0 Å². The number of aliphatic hydroxyl groups is 1. The van der Waals surface area contributed by atoms with Crippen LogP contribution in [0.4, 0.5) is 19.0 Å². The molecule has 0 unspecified atom stereocenters. The minimum Gasteiger partial charge on any atom is -0.393 e. The molecule has 0 saturated carbocycles. The Balaban J connectivity index is 0.000000219. The SMILES string of the molecule is CN1CCC(O)CC1.FC(F)(F)c1ccnc(N2CCCCC2)c1. The number of likely N-dealkylation sites (tertiary alicyclic amines) is 1. The lowest BCUT2D eigenvalue weighted by molar-refractivity contribution is -0.137. The third kappa shape index (κ3) is 5.94. The van der Waals surface area contributed by atoms with Gasteiger partial charge in [-0.2, -0.15) is 13.2 Å². The number of pyridine rings is 1. The molecule has 0 spiro atoms. The average Bonchev–Trinajstić information content (AvgIpc) is 2.58. The molecule has 0 aromatic carbocycles. The van der Waals surface area contributed by atoms with Gasteiger partial charge in [0.15, 0.2) is 0 Å². The topological polar surface area (TPSA) is 39.6 Å². The van der Waals surface area contributed by atoms with E-state index in [1.165, 1.54) is 6.20 Å². The van der Waals surface area contributed by atoms with Crippen LogP contribution in [0.1, 0.15) is 37.7 Å². The molecule has 2 saturated heterocycles. The lowest BCUT2D eigenvalue weighted by atomic mass is 10.1. The average molecular weight is 345 g/mol. The van der Waals surface area contributed by atoms with Crippen molar-refractivity contribution in [2.24, 2.45) is 0 Å². The van der Waals surface area contributed by atoms with Gasteiger partial charge in [-0.3, -0.25) is 0 Å². The van der Waals surface area contributed by atoms with E-state index in [0.717, 1.165) is 70.4 Å². The van der Waals surface area contributed by atoms with Crippen molar-refractivity contribution in [1.29, 1.82) is 0 Å². The summed E-state index contributed by atoms with van der Waals surface area (Å²) >= 11 is 0. The van der Waals surface area contributed by atoms with Gasteiger partial charge < -0.3 is 14.9 Å². The molecule has 136 valence electrons. The Hall–Kier alpha value is -1.34. The Morgan fingerprint density at radius 1 is 1.08 bits per heavy atom. The van der Waals surface area contributed by atoms with E-state index in [1.807, 2.05) is 4.90 Å². The van der Waals surface area contributed by atoms with Gasteiger partial charge in [-0.25, -0.2) is 4.98 Å². The zero-order chi connectivity index (χ0) is 17.6. The quantitative estimate of drug-likeness (QED) is 0.849. The smallest absolute Gasteiger partial charge is 0.393 e. The molecule has 24 heavy (non-hydrogen) atoms. The van der Waals surface area contributed by atoms with E-state index in [0.29, 0.717) is 5.82 Å². The van der Waals surface area contributed by atoms with Crippen molar-refractivity contribution in [3.8, 4) is 0 Å². The molecule has 0 aliphatic carbocycles. The van der Waals surface area contributed by atoms with Crippen LogP contribution in [0, 0.1) is 0 Å². The van der Waals surface area contributed by atoms with Crippen molar-refractivity contribution in [1.82, 2.24) is 9.88 Å². The summed E-state index contributed by atoms with van der Waals surface area (Å²) in [6.07, 6.45) is 2.03. The molecule has 0 amide bonds. The first-order valence-electron chi connectivity index (χ1n) is 8.51. The fourth-order valence-corrected chi connectivity index (χ4v) is 2.89. The molecule has 0 bridgehead atoms. The summed E-state index contributed by atoms with van der Waals surface area (Å²) in [5.41, 5.74) is -0.622. The van der Waals surface area contributed by atoms with Gasteiger partial charge in [-0.1, -0.05) is 0 Å². The molecule has 4 nitrogen and oxygen atoms in total. The Bertz CT molecular complexity index is 486. The van der Waals surface area contributed by atoms with E-state index in [1.54, 1.807) is 0 Å². The number of halogens is 3. The summed E-state index contributed by atoms with van der Waals surface area (Å²) in [7, 11) is 2.09. The highest BCUT2D eigenvalue weighted by Crippen LogP contribution is 2.31. The van der Waals surface area contributed by atoms with Crippen molar-refractivity contribution >= 4 is 5.82 Å². The lowest BCUT2D eigenvalue weighted by Crippen LogP contribution is -2.32. The van der Waals surface area contributed by atoms with Crippen LogP contribution < -0.4 is 4.90 Å². The first-order chi connectivity index (χ1) is 11.4. The van der Waals surface area contributed by atoms with Crippen molar-refractivity contribution < 1.29 is 18.3 Å². The molecule has 3 rings (SSSR count). The number of nitrogens with zero attached hydrogens (tertiary/aromatic N) is 3. The van der Waals surface area contributed by atoms with Gasteiger partial charge in [-0.05, 0) is 51.3 Å². The summed E-state index contributed by atoms with van der Waals surface area (Å²) in [6.45, 7) is 3.71. The number of aromatic nitrogens is 1. The maximum Gasteiger partial charge on any atom is 0.416 e.